The van der Waals surface area contributed by atoms with Crippen LogP contribution < -0.4 is 5.32 Å². The van der Waals surface area contributed by atoms with Gasteiger partial charge in [-0.25, -0.2) is 8.42 Å². The molecule has 0 saturated heterocycles. The lowest BCUT2D eigenvalue weighted by atomic mass is 10.1. The number of carbonyl (C=O) groups is 1. The number of carbonyl (C=O) groups excluding carboxylic acids is 1. The van der Waals surface area contributed by atoms with E-state index >= 15 is 0 Å². The van der Waals surface area contributed by atoms with Crippen LogP contribution in [-0.2, 0) is 14.6 Å². The van der Waals surface area contributed by atoms with Crippen molar-refractivity contribution in [2.45, 2.75) is 18.7 Å². The topological polar surface area (TPSA) is 63.2 Å². The summed E-state index contributed by atoms with van der Waals surface area (Å²) in [6.45, 7) is 3.82. The molecule has 2 rings (SSSR count). The lowest BCUT2D eigenvalue weighted by Crippen LogP contribution is -2.23. The largest absolute Gasteiger partial charge is 0.325 e. The molecule has 0 aromatic heterocycles. The van der Waals surface area contributed by atoms with Crippen LogP contribution in [0, 0.1) is 13.8 Å². The molecular formula is C16H17NO3S. The highest BCUT2D eigenvalue weighted by molar-refractivity contribution is 7.92. The third-order valence-corrected chi connectivity index (χ3v) is 4.93. The summed E-state index contributed by atoms with van der Waals surface area (Å²) in [4.78, 5) is 12.1. The van der Waals surface area contributed by atoms with Crippen LogP contribution in [0.15, 0.2) is 53.4 Å². The van der Waals surface area contributed by atoms with Crippen LogP contribution >= 0.6 is 0 Å². The lowest BCUT2D eigenvalue weighted by Gasteiger charge is -2.10. The number of aryl methyl sites for hydroxylation is 1. The Morgan fingerprint density at radius 3 is 2.33 bits per heavy atom. The van der Waals surface area contributed by atoms with Gasteiger partial charge in [-0.3, -0.25) is 4.79 Å². The molecule has 0 atom stereocenters. The Balaban J connectivity index is 2.14. The average molecular weight is 303 g/mol. The zero-order valence-corrected chi connectivity index (χ0v) is 12.8. The smallest absolute Gasteiger partial charge is 0.239 e. The number of amides is 1. The van der Waals surface area contributed by atoms with Crippen LogP contribution in [0.3, 0.4) is 0 Å². The van der Waals surface area contributed by atoms with Crippen molar-refractivity contribution in [2.24, 2.45) is 0 Å². The van der Waals surface area contributed by atoms with Crippen LogP contribution in [0.2, 0.25) is 0 Å². The van der Waals surface area contributed by atoms with Gasteiger partial charge in [-0.2, -0.15) is 0 Å². The van der Waals surface area contributed by atoms with Crippen LogP contribution in [0.4, 0.5) is 5.69 Å². The molecule has 4 nitrogen and oxygen atoms in total. The molecule has 0 spiro atoms. The van der Waals surface area contributed by atoms with Gasteiger partial charge in [0.25, 0.3) is 0 Å². The molecule has 0 radical (unpaired) electrons. The van der Waals surface area contributed by atoms with Gasteiger partial charge in [0.1, 0.15) is 5.75 Å². The van der Waals surface area contributed by atoms with Gasteiger partial charge in [-0.1, -0.05) is 30.3 Å². The maximum atomic E-state index is 12.1. The molecular weight excluding hydrogens is 286 g/mol. The predicted octanol–water partition coefficient (Wildman–Crippen LogP) is 2.72. The van der Waals surface area contributed by atoms with E-state index in [9.17, 15) is 13.2 Å². The molecule has 0 unspecified atom stereocenters. The van der Waals surface area contributed by atoms with Gasteiger partial charge in [-0.05, 0) is 43.2 Å². The molecule has 0 saturated carbocycles. The Labute approximate surface area is 124 Å². The Hall–Kier alpha value is -2.14. The van der Waals surface area contributed by atoms with E-state index in [0.29, 0.717) is 5.69 Å². The van der Waals surface area contributed by atoms with Gasteiger partial charge in [0.15, 0.2) is 9.84 Å². The fourth-order valence-electron chi connectivity index (χ4n) is 1.96. The first-order chi connectivity index (χ1) is 9.90. The summed E-state index contributed by atoms with van der Waals surface area (Å²) >= 11 is 0. The number of nitrogens with one attached hydrogen (secondary N) is 1. The summed E-state index contributed by atoms with van der Waals surface area (Å²) in [6.07, 6.45) is 0. The standard InChI is InChI=1S/C16H17NO3S/c1-12-7-6-10-15(13(12)2)17-16(18)11-21(19,20)14-8-4-3-5-9-14/h3-10H,11H2,1-2H3,(H,17,18). The monoisotopic (exact) mass is 303 g/mol. The third-order valence-electron chi connectivity index (χ3n) is 3.30. The second-order valence-electron chi connectivity index (χ2n) is 4.87. The molecule has 0 aliphatic heterocycles. The van der Waals surface area contributed by atoms with Crippen LogP contribution in [-0.4, -0.2) is 20.1 Å². The highest BCUT2D eigenvalue weighted by Crippen LogP contribution is 2.18. The molecule has 5 heteroatoms. The summed E-state index contributed by atoms with van der Waals surface area (Å²) < 4.78 is 24.2. The first kappa shape index (κ1) is 15.3. The minimum absolute atomic E-state index is 0.154. The van der Waals surface area contributed by atoms with Crippen molar-refractivity contribution in [1.29, 1.82) is 0 Å². The highest BCUT2D eigenvalue weighted by atomic mass is 32.2. The van der Waals surface area contributed by atoms with Crippen molar-refractivity contribution >= 4 is 21.4 Å². The summed E-state index contributed by atoms with van der Waals surface area (Å²) in [5.41, 5.74) is 2.62. The second-order valence-corrected chi connectivity index (χ2v) is 6.86. The Morgan fingerprint density at radius 2 is 1.67 bits per heavy atom. The maximum absolute atomic E-state index is 12.1. The molecule has 0 aliphatic carbocycles. The number of hydrogen-bond donors (Lipinski definition) is 1. The third kappa shape index (κ3) is 3.70. The summed E-state index contributed by atoms with van der Waals surface area (Å²) in [5.74, 6) is -1.10. The fraction of sp³-hybridized carbons (Fsp3) is 0.188. The van der Waals surface area contributed by atoms with Crippen molar-refractivity contribution in [3.8, 4) is 0 Å². The van der Waals surface area contributed by atoms with E-state index in [0.717, 1.165) is 11.1 Å². The van der Waals surface area contributed by atoms with E-state index in [1.54, 1.807) is 24.3 Å². The van der Waals surface area contributed by atoms with E-state index < -0.39 is 21.5 Å². The summed E-state index contributed by atoms with van der Waals surface area (Å²) in [5, 5.41) is 2.66. The first-order valence-corrected chi connectivity index (χ1v) is 8.19. The van der Waals surface area contributed by atoms with Gasteiger partial charge in [-0.15, -0.1) is 0 Å². The van der Waals surface area contributed by atoms with E-state index in [4.69, 9.17) is 0 Å². The number of benzene rings is 2. The minimum atomic E-state index is -3.61. The zero-order chi connectivity index (χ0) is 15.5. The quantitative estimate of drug-likeness (QED) is 0.944. The van der Waals surface area contributed by atoms with E-state index in [-0.39, 0.29) is 4.90 Å². The number of hydrogen-bond acceptors (Lipinski definition) is 3. The minimum Gasteiger partial charge on any atom is -0.325 e. The molecule has 1 amide bonds. The number of rotatable bonds is 4. The van der Waals surface area contributed by atoms with Gasteiger partial charge in [0.05, 0.1) is 4.90 Å². The predicted molar refractivity (Wildman–Crippen MR) is 83.0 cm³/mol. The zero-order valence-electron chi connectivity index (χ0n) is 12.0. The molecule has 1 N–H and O–H groups in total. The highest BCUT2D eigenvalue weighted by Gasteiger charge is 2.19. The van der Waals surface area contributed by atoms with Gasteiger partial charge in [0.2, 0.25) is 5.91 Å². The normalized spacial score (nSPS) is 11.1. The summed E-state index contributed by atoms with van der Waals surface area (Å²) in [7, 11) is -3.61. The molecule has 21 heavy (non-hydrogen) atoms. The Morgan fingerprint density at radius 1 is 1.00 bits per heavy atom. The molecule has 0 bridgehead atoms. The Kier molecular flexibility index (Phi) is 4.43. The van der Waals surface area contributed by atoms with E-state index in [1.165, 1.54) is 12.1 Å². The van der Waals surface area contributed by atoms with Crippen LogP contribution in [0.5, 0.6) is 0 Å². The van der Waals surface area contributed by atoms with Crippen molar-refractivity contribution in [1.82, 2.24) is 0 Å². The van der Waals surface area contributed by atoms with Crippen molar-refractivity contribution in [2.75, 3.05) is 11.1 Å². The van der Waals surface area contributed by atoms with Crippen molar-refractivity contribution < 1.29 is 13.2 Å². The maximum Gasteiger partial charge on any atom is 0.239 e. The van der Waals surface area contributed by atoms with Gasteiger partial charge < -0.3 is 5.32 Å². The van der Waals surface area contributed by atoms with Crippen LogP contribution in [0.25, 0.3) is 0 Å². The van der Waals surface area contributed by atoms with Crippen LogP contribution in [0.1, 0.15) is 11.1 Å². The molecule has 2 aromatic rings. The first-order valence-electron chi connectivity index (χ1n) is 6.54. The van der Waals surface area contributed by atoms with Crippen molar-refractivity contribution in [3.63, 3.8) is 0 Å². The fourth-order valence-corrected chi connectivity index (χ4v) is 3.11. The van der Waals surface area contributed by atoms with Crippen molar-refractivity contribution in [3.05, 3.63) is 59.7 Å². The summed E-state index contributed by atoms with van der Waals surface area (Å²) in [6, 6.07) is 13.5. The molecule has 0 aliphatic rings. The van der Waals surface area contributed by atoms with Gasteiger partial charge >= 0.3 is 0 Å². The van der Waals surface area contributed by atoms with E-state index in [2.05, 4.69) is 5.32 Å². The van der Waals surface area contributed by atoms with E-state index in [1.807, 2.05) is 26.0 Å². The Bertz CT molecular complexity index is 752. The lowest BCUT2D eigenvalue weighted by molar-refractivity contribution is -0.113. The van der Waals surface area contributed by atoms with Gasteiger partial charge in [0, 0.05) is 5.69 Å². The second kappa shape index (κ2) is 6.10. The number of sulfone groups is 1. The molecule has 0 fully saturated rings. The average Bonchev–Trinajstić information content (AvgIpc) is 2.44. The molecule has 110 valence electrons. The number of anilines is 1. The molecule has 2 aromatic carbocycles. The molecule has 0 heterocycles. The SMILES string of the molecule is Cc1cccc(NC(=O)CS(=O)(=O)c2ccccc2)c1C.